The Morgan fingerprint density at radius 1 is 1.07 bits per heavy atom. The Kier molecular flexibility index (Phi) is 4.56. The molecule has 2 heterocycles. The molecule has 2 aliphatic heterocycles. The van der Waals surface area contributed by atoms with Crippen molar-refractivity contribution in [3.05, 3.63) is 51.5 Å². The van der Waals surface area contributed by atoms with E-state index in [2.05, 4.69) is 5.01 Å². The molecule has 2 aromatic rings. The summed E-state index contributed by atoms with van der Waals surface area (Å²) in [5.41, 5.74) is 2.57. The van der Waals surface area contributed by atoms with Crippen molar-refractivity contribution in [2.75, 3.05) is 14.2 Å². The average molecular weight is 433 g/mol. The summed E-state index contributed by atoms with van der Waals surface area (Å²) in [6.07, 6.45) is 4.86. The summed E-state index contributed by atoms with van der Waals surface area (Å²) < 4.78 is 17.4. The lowest BCUT2D eigenvalue weighted by Gasteiger charge is -2.46. The fraction of sp³-hybridized carbons (Fsp3) is 0.409. The van der Waals surface area contributed by atoms with E-state index in [-0.39, 0.29) is 6.04 Å². The van der Waals surface area contributed by atoms with Crippen LogP contribution in [0.25, 0.3) is 0 Å². The zero-order valence-electron chi connectivity index (χ0n) is 16.4. The fourth-order valence-corrected chi connectivity index (χ4v) is 5.30. The average Bonchev–Trinajstić information content (AvgIpc) is 3.37. The summed E-state index contributed by atoms with van der Waals surface area (Å²) in [6, 6.07) is 9.67. The quantitative estimate of drug-likeness (QED) is 0.612. The van der Waals surface area contributed by atoms with E-state index >= 15 is 0 Å². The lowest BCUT2D eigenvalue weighted by molar-refractivity contribution is -0.114. The molecule has 5 nitrogen and oxygen atoms in total. The Hall–Kier alpha value is -2.11. The van der Waals surface area contributed by atoms with Gasteiger partial charge in [-0.15, -0.1) is 0 Å². The number of methoxy groups -OCH3 is 2. The number of hydrazone groups is 1. The lowest BCUT2D eigenvalue weighted by Crippen LogP contribution is -2.51. The predicted octanol–water partition coefficient (Wildman–Crippen LogP) is 5.82. The molecule has 152 valence electrons. The van der Waals surface area contributed by atoms with Crippen LogP contribution >= 0.6 is 23.2 Å². The van der Waals surface area contributed by atoms with Crippen molar-refractivity contribution in [2.24, 2.45) is 5.10 Å². The van der Waals surface area contributed by atoms with Crippen LogP contribution in [0.2, 0.25) is 10.0 Å². The molecule has 2 aromatic carbocycles. The van der Waals surface area contributed by atoms with Gasteiger partial charge in [-0.1, -0.05) is 23.2 Å². The second kappa shape index (κ2) is 6.99. The van der Waals surface area contributed by atoms with E-state index in [1.54, 1.807) is 20.3 Å². The largest absolute Gasteiger partial charge is 0.493 e. The molecule has 0 aromatic heterocycles. The summed E-state index contributed by atoms with van der Waals surface area (Å²) in [5, 5.41) is 8.38. The minimum atomic E-state index is -0.437. The van der Waals surface area contributed by atoms with Crippen LogP contribution in [0, 0.1) is 0 Å². The number of fused-ring (bicyclic) bond motifs is 4. The summed E-state index contributed by atoms with van der Waals surface area (Å²) >= 11 is 12.9. The van der Waals surface area contributed by atoms with Crippen LogP contribution in [0.3, 0.4) is 0 Å². The van der Waals surface area contributed by atoms with E-state index in [0.29, 0.717) is 21.5 Å². The highest BCUT2D eigenvalue weighted by molar-refractivity contribution is 6.35. The van der Waals surface area contributed by atoms with Gasteiger partial charge in [0.05, 0.1) is 31.0 Å². The Morgan fingerprint density at radius 3 is 2.55 bits per heavy atom. The third-order valence-corrected chi connectivity index (χ3v) is 6.62. The summed E-state index contributed by atoms with van der Waals surface area (Å²) in [6.45, 7) is 0. The molecule has 1 aliphatic carbocycles. The normalized spacial score (nSPS) is 21.4. The highest BCUT2D eigenvalue weighted by Gasteiger charge is 2.52. The van der Waals surface area contributed by atoms with Gasteiger partial charge in [0.15, 0.2) is 17.2 Å². The zero-order valence-corrected chi connectivity index (χ0v) is 17.9. The fourth-order valence-electron chi connectivity index (χ4n) is 4.75. The van der Waals surface area contributed by atoms with Gasteiger partial charge in [-0.05, 0) is 43.2 Å². The molecule has 0 amide bonds. The molecule has 0 saturated heterocycles. The zero-order chi connectivity index (χ0) is 20.2. The predicted molar refractivity (Wildman–Crippen MR) is 114 cm³/mol. The first kappa shape index (κ1) is 18.9. The number of rotatable bonds is 3. The van der Waals surface area contributed by atoms with E-state index in [1.807, 2.05) is 24.3 Å². The molecule has 29 heavy (non-hydrogen) atoms. The van der Waals surface area contributed by atoms with E-state index in [1.165, 1.54) is 0 Å². The van der Waals surface area contributed by atoms with E-state index in [9.17, 15) is 0 Å². The molecule has 1 fully saturated rings. The molecule has 7 heteroatoms. The molecule has 5 rings (SSSR count). The van der Waals surface area contributed by atoms with Crippen molar-refractivity contribution in [1.29, 1.82) is 0 Å². The monoisotopic (exact) mass is 432 g/mol. The Morgan fingerprint density at radius 2 is 1.83 bits per heavy atom. The number of nitrogens with zero attached hydrogens (tertiary/aromatic N) is 2. The van der Waals surface area contributed by atoms with Crippen LogP contribution in [0.15, 0.2) is 35.4 Å². The van der Waals surface area contributed by atoms with E-state index in [4.69, 9.17) is 42.5 Å². The molecule has 1 spiro atoms. The van der Waals surface area contributed by atoms with Gasteiger partial charge in [-0.3, -0.25) is 0 Å². The first-order valence-electron chi connectivity index (χ1n) is 9.82. The molecular weight excluding hydrogens is 411 g/mol. The molecule has 0 bridgehead atoms. The van der Waals surface area contributed by atoms with E-state index in [0.717, 1.165) is 54.7 Å². The van der Waals surface area contributed by atoms with Crippen LogP contribution in [0.4, 0.5) is 0 Å². The number of hydrogen-bond donors (Lipinski definition) is 0. The number of benzene rings is 2. The Balaban J connectivity index is 1.60. The van der Waals surface area contributed by atoms with Crippen molar-refractivity contribution in [3.63, 3.8) is 0 Å². The molecule has 1 unspecified atom stereocenters. The lowest BCUT2D eigenvalue weighted by atomic mass is 9.94. The third-order valence-electron chi connectivity index (χ3n) is 6.12. The Labute approximate surface area is 180 Å². The first-order chi connectivity index (χ1) is 14.0. The second-order valence-corrected chi connectivity index (χ2v) is 8.59. The van der Waals surface area contributed by atoms with Crippen LogP contribution in [-0.4, -0.2) is 30.7 Å². The smallest absolute Gasteiger partial charge is 0.198 e. The molecule has 0 radical (unpaired) electrons. The highest BCUT2D eigenvalue weighted by atomic mass is 35.5. The number of halogens is 2. The third kappa shape index (κ3) is 2.94. The van der Waals surface area contributed by atoms with Gasteiger partial charge >= 0.3 is 0 Å². The van der Waals surface area contributed by atoms with Gasteiger partial charge in [0, 0.05) is 35.4 Å². The molecule has 1 saturated carbocycles. The van der Waals surface area contributed by atoms with Gasteiger partial charge in [0.25, 0.3) is 0 Å². The summed E-state index contributed by atoms with van der Waals surface area (Å²) in [5.74, 6) is 2.14. The topological polar surface area (TPSA) is 43.3 Å². The SMILES string of the molecule is COc1ccc(C2=NN3C(C2)c2cc(Cl)cc(Cl)c2OC32CCCC2)cc1OC. The summed E-state index contributed by atoms with van der Waals surface area (Å²) in [4.78, 5) is 0. The van der Waals surface area contributed by atoms with Crippen molar-refractivity contribution in [1.82, 2.24) is 5.01 Å². The number of ether oxygens (including phenoxy) is 3. The second-order valence-electron chi connectivity index (χ2n) is 7.74. The van der Waals surface area contributed by atoms with Crippen molar-refractivity contribution in [2.45, 2.75) is 43.9 Å². The maximum Gasteiger partial charge on any atom is 0.198 e. The van der Waals surface area contributed by atoms with Crippen LogP contribution < -0.4 is 14.2 Å². The Bertz CT molecular complexity index is 1000. The molecular formula is C22H22Cl2N2O3. The molecule has 0 N–H and O–H groups in total. The van der Waals surface area contributed by atoms with Crippen LogP contribution in [-0.2, 0) is 0 Å². The van der Waals surface area contributed by atoms with Gasteiger partial charge in [0.2, 0.25) is 0 Å². The molecule has 1 atom stereocenters. The maximum atomic E-state index is 6.53. The van der Waals surface area contributed by atoms with Crippen LogP contribution in [0.1, 0.15) is 49.3 Å². The van der Waals surface area contributed by atoms with Gasteiger partial charge in [-0.2, -0.15) is 5.10 Å². The minimum absolute atomic E-state index is 0.0520. The minimum Gasteiger partial charge on any atom is -0.493 e. The first-order valence-corrected chi connectivity index (χ1v) is 10.6. The molecule has 3 aliphatic rings. The van der Waals surface area contributed by atoms with Gasteiger partial charge in [0.1, 0.15) is 5.75 Å². The van der Waals surface area contributed by atoms with Crippen molar-refractivity contribution >= 4 is 28.9 Å². The van der Waals surface area contributed by atoms with Crippen LogP contribution in [0.5, 0.6) is 17.2 Å². The number of hydrogen-bond acceptors (Lipinski definition) is 5. The van der Waals surface area contributed by atoms with Gasteiger partial charge in [-0.25, -0.2) is 5.01 Å². The summed E-state index contributed by atoms with van der Waals surface area (Å²) in [7, 11) is 3.28. The van der Waals surface area contributed by atoms with Crippen molar-refractivity contribution < 1.29 is 14.2 Å². The maximum absolute atomic E-state index is 6.53. The van der Waals surface area contributed by atoms with Crippen molar-refractivity contribution in [3.8, 4) is 17.2 Å². The highest BCUT2D eigenvalue weighted by Crippen LogP contribution is 2.54. The van der Waals surface area contributed by atoms with Gasteiger partial charge < -0.3 is 14.2 Å². The standard InChI is InChI=1S/C22H22Cl2N2O3/c1-27-19-6-5-13(9-20(19)28-2)17-12-18-15-10-14(23)11-16(24)21(15)29-22(26(18)25-17)7-3-4-8-22/h5-6,9-11,18H,3-4,7-8,12H2,1-2H3. The van der Waals surface area contributed by atoms with E-state index < -0.39 is 5.72 Å².